The van der Waals surface area contributed by atoms with Crippen LogP contribution in [-0.4, -0.2) is 12.1 Å². The van der Waals surface area contributed by atoms with Crippen LogP contribution >= 0.6 is 0 Å². The highest BCUT2D eigenvalue weighted by Crippen LogP contribution is 2.31. The van der Waals surface area contributed by atoms with Gasteiger partial charge in [0.15, 0.2) is 0 Å². The van der Waals surface area contributed by atoms with Crippen molar-refractivity contribution in [2.24, 2.45) is 0 Å². The lowest BCUT2D eigenvalue weighted by atomic mass is 10.1. The van der Waals surface area contributed by atoms with Crippen LogP contribution in [0.1, 0.15) is 6.42 Å². The summed E-state index contributed by atoms with van der Waals surface area (Å²) in [6.45, 7) is 0. The van der Waals surface area contributed by atoms with E-state index in [0.717, 1.165) is 6.42 Å². The van der Waals surface area contributed by atoms with Crippen LogP contribution in [0.4, 0.5) is 11.4 Å². The Bertz CT molecular complexity index is 357. The van der Waals surface area contributed by atoms with E-state index in [2.05, 4.69) is 47.1 Å². The molecule has 1 aliphatic carbocycles. The van der Waals surface area contributed by atoms with Gasteiger partial charge in [0.25, 0.3) is 0 Å². The molecule has 1 aromatic carbocycles. The van der Waals surface area contributed by atoms with Gasteiger partial charge in [0.05, 0.1) is 23.5 Å². The van der Waals surface area contributed by atoms with Gasteiger partial charge in [-0.2, -0.15) is 0 Å². The fourth-order valence-corrected chi connectivity index (χ4v) is 2.06. The number of hydrogen-bond acceptors (Lipinski definition) is 2. The van der Waals surface area contributed by atoms with Gasteiger partial charge in [-0.05, 0) is 18.6 Å². The van der Waals surface area contributed by atoms with Crippen molar-refractivity contribution < 1.29 is 0 Å². The Morgan fingerprint density at radius 2 is 1.85 bits per heavy atom. The Balaban J connectivity index is 2.00. The molecule has 0 fully saturated rings. The maximum absolute atomic E-state index is 3.53. The van der Waals surface area contributed by atoms with Crippen LogP contribution in [0.2, 0.25) is 0 Å². The summed E-state index contributed by atoms with van der Waals surface area (Å²) >= 11 is 0. The molecule has 0 bridgehead atoms. The zero-order chi connectivity index (χ0) is 8.67. The zero-order valence-electron chi connectivity index (χ0n) is 7.33. The maximum Gasteiger partial charge on any atom is 0.0649 e. The van der Waals surface area contributed by atoms with Crippen molar-refractivity contribution >= 4 is 11.4 Å². The van der Waals surface area contributed by atoms with Crippen LogP contribution in [0.25, 0.3) is 0 Å². The quantitative estimate of drug-likeness (QED) is 0.586. The summed E-state index contributed by atoms with van der Waals surface area (Å²) < 4.78 is 0. The van der Waals surface area contributed by atoms with Gasteiger partial charge < -0.3 is 10.6 Å². The minimum Gasteiger partial charge on any atom is -0.378 e. The van der Waals surface area contributed by atoms with Gasteiger partial charge >= 0.3 is 0 Å². The van der Waals surface area contributed by atoms with Crippen molar-refractivity contribution in [3.63, 3.8) is 0 Å². The van der Waals surface area contributed by atoms with Crippen molar-refractivity contribution in [2.75, 3.05) is 10.6 Å². The first-order valence-electron chi connectivity index (χ1n) is 4.72. The van der Waals surface area contributed by atoms with E-state index in [4.69, 9.17) is 0 Å². The molecule has 2 atom stereocenters. The minimum atomic E-state index is 0.481. The zero-order valence-corrected chi connectivity index (χ0v) is 7.33. The predicted octanol–water partition coefficient (Wildman–Crippen LogP) is 2.22. The Hall–Kier alpha value is -1.44. The Kier molecular flexibility index (Phi) is 1.36. The minimum absolute atomic E-state index is 0.481. The first kappa shape index (κ1) is 7.01. The Morgan fingerprint density at radius 1 is 1.08 bits per heavy atom. The predicted molar refractivity (Wildman–Crippen MR) is 55.0 cm³/mol. The Morgan fingerprint density at radius 3 is 2.69 bits per heavy atom. The SMILES string of the molecule is C1=CC2Nc3ccccc3NC2C1. The average molecular weight is 172 g/mol. The summed E-state index contributed by atoms with van der Waals surface area (Å²) in [6.07, 6.45) is 5.61. The lowest BCUT2D eigenvalue weighted by molar-refractivity contribution is 0.703. The first-order valence-corrected chi connectivity index (χ1v) is 4.72. The molecule has 2 N–H and O–H groups in total. The van der Waals surface area contributed by atoms with E-state index < -0.39 is 0 Å². The van der Waals surface area contributed by atoms with E-state index in [1.807, 2.05) is 0 Å². The molecule has 2 nitrogen and oxygen atoms in total. The van der Waals surface area contributed by atoms with E-state index in [1.54, 1.807) is 0 Å². The number of benzene rings is 1. The van der Waals surface area contributed by atoms with Crippen molar-refractivity contribution in [1.29, 1.82) is 0 Å². The molecule has 1 heterocycles. The van der Waals surface area contributed by atoms with Gasteiger partial charge in [0.1, 0.15) is 0 Å². The summed E-state index contributed by atoms with van der Waals surface area (Å²) in [5.41, 5.74) is 2.45. The van der Waals surface area contributed by atoms with E-state index in [1.165, 1.54) is 11.4 Å². The number of fused-ring (bicyclic) bond motifs is 2. The second kappa shape index (κ2) is 2.52. The molecule has 2 unspecified atom stereocenters. The van der Waals surface area contributed by atoms with Crippen molar-refractivity contribution in [3.05, 3.63) is 36.4 Å². The van der Waals surface area contributed by atoms with E-state index in [0.29, 0.717) is 12.1 Å². The fraction of sp³-hybridized carbons (Fsp3) is 0.273. The molecule has 3 rings (SSSR count). The average Bonchev–Trinajstić information content (AvgIpc) is 2.61. The third-order valence-corrected chi connectivity index (χ3v) is 2.76. The van der Waals surface area contributed by atoms with Gasteiger partial charge in [-0.3, -0.25) is 0 Å². The molecule has 13 heavy (non-hydrogen) atoms. The maximum atomic E-state index is 3.53. The van der Waals surface area contributed by atoms with Crippen molar-refractivity contribution in [2.45, 2.75) is 18.5 Å². The molecule has 0 amide bonds. The first-order chi connectivity index (χ1) is 6.43. The van der Waals surface area contributed by atoms with Crippen LogP contribution in [0.15, 0.2) is 36.4 Å². The third-order valence-electron chi connectivity index (χ3n) is 2.76. The highest BCUT2D eigenvalue weighted by atomic mass is 15.1. The normalized spacial score (nSPS) is 28.6. The summed E-state index contributed by atoms with van der Waals surface area (Å²) in [5.74, 6) is 0. The molecule has 1 aliphatic heterocycles. The molecule has 2 aliphatic rings. The van der Waals surface area contributed by atoms with Crippen LogP contribution < -0.4 is 10.6 Å². The van der Waals surface area contributed by atoms with Crippen LogP contribution in [0.3, 0.4) is 0 Å². The number of hydrogen-bond donors (Lipinski definition) is 2. The van der Waals surface area contributed by atoms with Gasteiger partial charge in [-0.25, -0.2) is 0 Å². The molecule has 0 aromatic heterocycles. The monoisotopic (exact) mass is 172 g/mol. The molecule has 0 radical (unpaired) electrons. The van der Waals surface area contributed by atoms with Gasteiger partial charge in [0.2, 0.25) is 0 Å². The van der Waals surface area contributed by atoms with Crippen LogP contribution in [-0.2, 0) is 0 Å². The Labute approximate surface area is 77.7 Å². The van der Waals surface area contributed by atoms with Crippen molar-refractivity contribution in [1.82, 2.24) is 0 Å². The number of rotatable bonds is 0. The van der Waals surface area contributed by atoms with Gasteiger partial charge in [-0.1, -0.05) is 24.3 Å². The summed E-state index contributed by atoms with van der Waals surface area (Å²) in [7, 11) is 0. The topological polar surface area (TPSA) is 24.1 Å². The molecule has 0 spiro atoms. The molecule has 0 saturated heterocycles. The van der Waals surface area contributed by atoms with E-state index in [-0.39, 0.29) is 0 Å². The number of anilines is 2. The highest BCUT2D eigenvalue weighted by molar-refractivity contribution is 5.72. The highest BCUT2D eigenvalue weighted by Gasteiger charge is 2.27. The molecule has 2 heteroatoms. The van der Waals surface area contributed by atoms with Crippen LogP contribution in [0, 0.1) is 0 Å². The lowest BCUT2D eigenvalue weighted by Gasteiger charge is -2.31. The molecule has 1 aromatic rings. The number of nitrogens with one attached hydrogen (secondary N) is 2. The lowest BCUT2D eigenvalue weighted by Crippen LogP contribution is -2.38. The molecule has 66 valence electrons. The summed E-state index contributed by atoms with van der Waals surface area (Å²) in [5, 5.41) is 7.04. The summed E-state index contributed by atoms with van der Waals surface area (Å²) in [6, 6.07) is 9.40. The second-order valence-corrected chi connectivity index (χ2v) is 3.63. The smallest absolute Gasteiger partial charge is 0.0649 e. The fourth-order valence-electron chi connectivity index (χ4n) is 2.06. The van der Waals surface area contributed by atoms with Crippen molar-refractivity contribution in [3.8, 4) is 0 Å². The third kappa shape index (κ3) is 1.02. The second-order valence-electron chi connectivity index (χ2n) is 3.63. The number of para-hydroxylation sites is 2. The van der Waals surface area contributed by atoms with Gasteiger partial charge in [0, 0.05) is 0 Å². The standard InChI is InChI=1S/C11H12N2/c1-2-5-9-8(4-1)12-10-6-3-7-11(10)13-9/h1-6,10-13H,7H2. The van der Waals surface area contributed by atoms with Gasteiger partial charge in [-0.15, -0.1) is 0 Å². The molecular formula is C11H12N2. The van der Waals surface area contributed by atoms with E-state index in [9.17, 15) is 0 Å². The van der Waals surface area contributed by atoms with E-state index >= 15 is 0 Å². The van der Waals surface area contributed by atoms with Crippen LogP contribution in [0.5, 0.6) is 0 Å². The molecular weight excluding hydrogens is 160 g/mol. The summed E-state index contributed by atoms with van der Waals surface area (Å²) in [4.78, 5) is 0. The molecule has 0 saturated carbocycles. The largest absolute Gasteiger partial charge is 0.378 e.